The quantitative estimate of drug-likeness (QED) is 0.639. The fraction of sp³-hybridized carbons (Fsp3) is 0.333. The van der Waals surface area contributed by atoms with Gasteiger partial charge in [0.25, 0.3) is 0 Å². The summed E-state index contributed by atoms with van der Waals surface area (Å²) < 4.78 is 10.3. The molecule has 0 saturated carbocycles. The third-order valence-corrected chi connectivity index (χ3v) is 5.85. The number of piperazine rings is 1. The molecule has 2 heterocycles. The van der Waals surface area contributed by atoms with Gasteiger partial charge < -0.3 is 19.4 Å². The zero-order valence-corrected chi connectivity index (χ0v) is 18.1. The van der Waals surface area contributed by atoms with Gasteiger partial charge in [-0.15, -0.1) is 0 Å². The molecule has 7 nitrogen and oxygen atoms in total. The van der Waals surface area contributed by atoms with Crippen LogP contribution in [0.5, 0.6) is 5.75 Å². The number of esters is 1. The van der Waals surface area contributed by atoms with E-state index in [1.54, 1.807) is 13.2 Å². The van der Waals surface area contributed by atoms with Gasteiger partial charge in [0, 0.05) is 55.7 Å². The molecule has 31 heavy (non-hydrogen) atoms. The fourth-order valence-corrected chi connectivity index (χ4v) is 4.03. The minimum atomic E-state index is -0.655. The standard InChI is InChI=1S/C24H27N3O4/c1-16-4-6-18(7-5-16)27-10-8-26(9-11-27)15-17-12-21-19(13-22(17)30-2)23(28)20(14-25-21)24(29)31-3/h4-7,12-14H,8-11,15H2,1-3H3,(H,25,28). The van der Waals surface area contributed by atoms with Crippen LogP contribution in [0, 0.1) is 6.92 Å². The first kappa shape index (κ1) is 20.9. The van der Waals surface area contributed by atoms with Crippen molar-refractivity contribution >= 4 is 22.6 Å². The Morgan fingerprint density at radius 3 is 2.42 bits per heavy atom. The summed E-state index contributed by atoms with van der Waals surface area (Å²) in [4.78, 5) is 32.4. The number of nitrogens with zero attached hydrogens (tertiary/aromatic N) is 2. The molecule has 0 bridgehead atoms. The lowest BCUT2D eigenvalue weighted by Gasteiger charge is -2.36. The van der Waals surface area contributed by atoms with Crippen LogP contribution in [0.4, 0.5) is 5.69 Å². The number of pyridine rings is 1. The van der Waals surface area contributed by atoms with Gasteiger partial charge in [-0.2, -0.15) is 0 Å². The van der Waals surface area contributed by atoms with Crippen molar-refractivity contribution < 1.29 is 14.3 Å². The summed E-state index contributed by atoms with van der Waals surface area (Å²) >= 11 is 0. The largest absolute Gasteiger partial charge is 0.496 e. The molecule has 3 aromatic rings. The van der Waals surface area contributed by atoms with Gasteiger partial charge in [-0.3, -0.25) is 9.69 Å². The summed E-state index contributed by atoms with van der Waals surface area (Å²) in [6, 6.07) is 12.3. The Hall–Kier alpha value is -3.32. The molecular weight excluding hydrogens is 394 g/mol. The number of nitrogens with one attached hydrogen (secondary N) is 1. The second-order valence-electron chi connectivity index (χ2n) is 7.83. The van der Waals surface area contributed by atoms with E-state index in [-0.39, 0.29) is 11.0 Å². The van der Waals surface area contributed by atoms with Gasteiger partial charge in [-0.1, -0.05) is 17.7 Å². The van der Waals surface area contributed by atoms with Crippen molar-refractivity contribution in [3.05, 3.63) is 69.5 Å². The maximum absolute atomic E-state index is 12.7. The van der Waals surface area contributed by atoms with Gasteiger partial charge in [0.15, 0.2) is 0 Å². The number of hydrogen-bond acceptors (Lipinski definition) is 6. The van der Waals surface area contributed by atoms with Crippen molar-refractivity contribution in [3.63, 3.8) is 0 Å². The van der Waals surface area contributed by atoms with Crippen LogP contribution < -0.4 is 15.1 Å². The monoisotopic (exact) mass is 421 g/mol. The lowest BCUT2D eigenvalue weighted by molar-refractivity contribution is 0.0599. The summed E-state index contributed by atoms with van der Waals surface area (Å²) in [5.74, 6) is -0.0152. The lowest BCUT2D eigenvalue weighted by atomic mass is 10.1. The first-order valence-corrected chi connectivity index (χ1v) is 10.3. The molecule has 4 rings (SSSR count). The van der Waals surface area contributed by atoms with E-state index in [9.17, 15) is 9.59 Å². The number of benzene rings is 2. The van der Waals surface area contributed by atoms with E-state index < -0.39 is 5.97 Å². The predicted octanol–water partition coefficient (Wildman–Crippen LogP) is 2.95. The Morgan fingerprint density at radius 2 is 1.77 bits per heavy atom. The van der Waals surface area contributed by atoms with Gasteiger partial charge in [-0.05, 0) is 31.2 Å². The zero-order valence-electron chi connectivity index (χ0n) is 18.1. The van der Waals surface area contributed by atoms with Crippen LogP contribution in [0.3, 0.4) is 0 Å². The topological polar surface area (TPSA) is 74.9 Å². The van der Waals surface area contributed by atoms with Crippen molar-refractivity contribution in [1.82, 2.24) is 9.88 Å². The number of fused-ring (bicyclic) bond motifs is 1. The number of hydrogen-bond donors (Lipinski definition) is 1. The van der Waals surface area contributed by atoms with Crippen molar-refractivity contribution in [2.75, 3.05) is 45.3 Å². The molecule has 0 aliphatic carbocycles. The summed E-state index contributed by atoms with van der Waals surface area (Å²) in [6.45, 7) is 6.61. The first-order valence-electron chi connectivity index (χ1n) is 10.3. The highest BCUT2D eigenvalue weighted by Crippen LogP contribution is 2.26. The Labute approximate surface area is 181 Å². The number of carbonyl (C=O) groups is 1. The summed E-state index contributed by atoms with van der Waals surface area (Å²) in [5.41, 5.74) is 3.82. The molecule has 0 spiro atoms. The van der Waals surface area contributed by atoms with Crippen LogP contribution in [0.1, 0.15) is 21.5 Å². The van der Waals surface area contributed by atoms with E-state index in [1.165, 1.54) is 24.6 Å². The van der Waals surface area contributed by atoms with Crippen molar-refractivity contribution in [3.8, 4) is 5.75 Å². The van der Waals surface area contributed by atoms with Crippen molar-refractivity contribution in [1.29, 1.82) is 0 Å². The number of carbonyl (C=O) groups excluding carboxylic acids is 1. The molecule has 162 valence electrons. The van der Waals surface area contributed by atoms with E-state index in [0.29, 0.717) is 16.7 Å². The number of aromatic nitrogens is 1. The van der Waals surface area contributed by atoms with Crippen LogP contribution >= 0.6 is 0 Å². The molecule has 1 saturated heterocycles. The molecule has 1 fully saturated rings. The van der Waals surface area contributed by atoms with Crippen molar-refractivity contribution in [2.24, 2.45) is 0 Å². The van der Waals surface area contributed by atoms with E-state index >= 15 is 0 Å². The Morgan fingerprint density at radius 1 is 1.06 bits per heavy atom. The normalized spacial score (nSPS) is 14.6. The third-order valence-electron chi connectivity index (χ3n) is 5.85. The number of aromatic amines is 1. The second kappa shape index (κ2) is 8.81. The number of rotatable bonds is 5. The van der Waals surface area contributed by atoms with E-state index in [4.69, 9.17) is 9.47 Å². The van der Waals surface area contributed by atoms with Crippen molar-refractivity contribution in [2.45, 2.75) is 13.5 Å². The molecule has 1 aliphatic heterocycles. The summed E-state index contributed by atoms with van der Waals surface area (Å²) in [5, 5.41) is 0.410. The summed E-state index contributed by atoms with van der Waals surface area (Å²) in [6.07, 6.45) is 1.41. The molecule has 0 unspecified atom stereocenters. The Kier molecular flexibility index (Phi) is 5.95. The van der Waals surface area contributed by atoms with E-state index in [0.717, 1.165) is 38.3 Å². The molecular formula is C24H27N3O4. The number of anilines is 1. The molecule has 2 aromatic carbocycles. The lowest BCUT2D eigenvalue weighted by Crippen LogP contribution is -2.46. The second-order valence-corrected chi connectivity index (χ2v) is 7.83. The number of methoxy groups -OCH3 is 2. The number of ether oxygens (including phenoxy) is 2. The molecule has 0 amide bonds. The van der Waals surface area contributed by atoms with E-state index in [2.05, 4.69) is 46.0 Å². The highest BCUT2D eigenvalue weighted by Gasteiger charge is 2.20. The average Bonchev–Trinajstić information content (AvgIpc) is 2.79. The molecule has 7 heteroatoms. The SMILES string of the molecule is COC(=O)c1c[nH]c2cc(CN3CCN(c4ccc(C)cc4)CC3)c(OC)cc2c1=O. The molecule has 1 aliphatic rings. The third kappa shape index (κ3) is 4.27. The maximum Gasteiger partial charge on any atom is 0.343 e. The maximum atomic E-state index is 12.7. The highest BCUT2D eigenvalue weighted by molar-refractivity contribution is 5.94. The van der Waals surface area contributed by atoms with Gasteiger partial charge >= 0.3 is 5.97 Å². The Balaban J connectivity index is 1.52. The van der Waals surface area contributed by atoms with E-state index in [1.807, 2.05) is 6.07 Å². The predicted molar refractivity (Wildman–Crippen MR) is 121 cm³/mol. The van der Waals surface area contributed by atoms with Crippen LogP contribution in [0.2, 0.25) is 0 Å². The van der Waals surface area contributed by atoms with Gasteiger partial charge in [-0.25, -0.2) is 4.79 Å². The molecule has 1 N–H and O–H groups in total. The Bertz CT molecular complexity index is 1150. The average molecular weight is 421 g/mol. The van der Waals surface area contributed by atoms with Crippen LogP contribution in [0.15, 0.2) is 47.4 Å². The molecule has 0 atom stereocenters. The number of aryl methyl sites for hydroxylation is 1. The van der Waals surface area contributed by atoms with Crippen LogP contribution in [0.25, 0.3) is 10.9 Å². The zero-order chi connectivity index (χ0) is 22.0. The minimum absolute atomic E-state index is 0.0166. The fourth-order valence-electron chi connectivity index (χ4n) is 4.03. The summed E-state index contributed by atoms with van der Waals surface area (Å²) in [7, 11) is 2.85. The van der Waals surface area contributed by atoms with Crippen LogP contribution in [-0.4, -0.2) is 56.3 Å². The van der Waals surface area contributed by atoms with Crippen LogP contribution in [-0.2, 0) is 11.3 Å². The van der Waals surface area contributed by atoms with Gasteiger partial charge in [0.2, 0.25) is 5.43 Å². The first-order chi connectivity index (χ1) is 15.0. The molecule has 1 aromatic heterocycles. The smallest absolute Gasteiger partial charge is 0.343 e. The van der Waals surface area contributed by atoms with Gasteiger partial charge in [0.05, 0.1) is 19.6 Å². The van der Waals surface area contributed by atoms with Gasteiger partial charge in [0.1, 0.15) is 11.3 Å². The number of H-pyrrole nitrogens is 1. The highest BCUT2D eigenvalue weighted by atomic mass is 16.5. The minimum Gasteiger partial charge on any atom is -0.496 e. The molecule has 0 radical (unpaired) electrons.